The Hall–Kier alpha value is -6.22. The van der Waals surface area contributed by atoms with Crippen molar-refractivity contribution in [1.29, 1.82) is 0 Å². The zero-order valence-corrected chi connectivity index (χ0v) is 51.6. The summed E-state index contributed by atoms with van der Waals surface area (Å²) in [4.78, 5) is 109. The summed E-state index contributed by atoms with van der Waals surface area (Å²) in [6, 6.07) is 15.4. The number of methoxy groups -OCH3 is 2. The number of amides is 4. The fraction of sp³-hybridized carbons (Fsp3) is 0.548. The number of fused-ring (bicyclic) bond motifs is 11. The standard InChI is InChI=1S/C62H80N8O14P2/c1-34(2)54(65-61(73)81-6)59(71)69-49-14-9-8-11-43(49)30-52(69)57-63-47-28-41(23-25-50(47)67(57)32-83-85(75,76)77)36(4)39-19-15-35(3)16-20-40-22-18-38(17-21-39)27-46(40)42-24-26-51-48(29-42)64-58(68(51)33-84-86(78,79)80)53-31-44-12-10-13-45-37(5)55(66-62(74)82-7)60(72)70(53)56(44)45/h15,18-19,22-29,34-35,37,43-45,49,52-56H,8-14,16-17,20-21,30-33H2,1-7H3,(H,65,73)(H,66,74)(H2,75,76,77)(H2,78,79,80)/b19-15-,39-36-/t35-,37?,43-,44-,45?,49-,52-,53-,54-,55-,56+/m0/s1. The van der Waals surface area contributed by atoms with Gasteiger partial charge in [-0.25, -0.2) is 28.7 Å². The Morgan fingerprint density at radius 3 is 2.08 bits per heavy atom. The lowest BCUT2D eigenvalue weighted by atomic mass is 9.68. The monoisotopic (exact) mass is 1220 g/mol. The van der Waals surface area contributed by atoms with Crippen molar-refractivity contribution in [3.05, 3.63) is 101 Å². The molecule has 11 atom stereocenters. The molecule has 22 nitrogen and oxygen atoms in total. The highest BCUT2D eigenvalue weighted by Crippen LogP contribution is 2.54. The van der Waals surface area contributed by atoms with E-state index in [0.29, 0.717) is 59.4 Å². The maximum atomic E-state index is 14.8. The van der Waals surface area contributed by atoms with Crippen LogP contribution in [0.5, 0.6) is 0 Å². The van der Waals surface area contributed by atoms with Gasteiger partial charge in [0.25, 0.3) is 0 Å². The number of carbonyl (C=O) groups excluding carboxylic acids is 4. The summed E-state index contributed by atoms with van der Waals surface area (Å²) in [7, 11) is -7.36. The van der Waals surface area contributed by atoms with Gasteiger partial charge >= 0.3 is 27.8 Å². The van der Waals surface area contributed by atoms with Crippen LogP contribution in [0.1, 0.15) is 146 Å². The van der Waals surface area contributed by atoms with E-state index in [4.69, 9.17) is 28.5 Å². The number of phosphoric ester groups is 2. The van der Waals surface area contributed by atoms with Crippen LogP contribution in [0.4, 0.5) is 9.59 Å². The van der Waals surface area contributed by atoms with E-state index < -0.39 is 65.5 Å². The predicted molar refractivity (Wildman–Crippen MR) is 320 cm³/mol. The van der Waals surface area contributed by atoms with Crippen molar-refractivity contribution >= 4 is 67.3 Å². The number of aromatic nitrogens is 4. The normalized spacial score (nSPS) is 27.3. The van der Waals surface area contributed by atoms with E-state index in [9.17, 15) is 47.9 Å². The molecule has 2 bridgehead atoms. The van der Waals surface area contributed by atoms with Gasteiger partial charge in [0.05, 0.1) is 48.4 Å². The summed E-state index contributed by atoms with van der Waals surface area (Å²) < 4.78 is 48.2. The molecule has 3 aliphatic heterocycles. The van der Waals surface area contributed by atoms with Crippen LogP contribution in [0.2, 0.25) is 0 Å². The number of alkyl carbamates (subject to hydrolysis) is 2. The number of nitrogens with zero attached hydrogens (tertiary/aromatic N) is 6. The van der Waals surface area contributed by atoms with Crippen molar-refractivity contribution in [3.63, 3.8) is 0 Å². The zero-order chi connectivity index (χ0) is 61.1. The third-order valence-corrected chi connectivity index (χ3v) is 20.5. The van der Waals surface area contributed by atoms with E-state index in [2.05, 4.69) is 54.8 Å². The second kappa shape index (κ2) is 24.7. The second-order valence-electron chi connectivity index (χ2n) is 25.0. The fourth-order valence-electron chi connectivity index (χ4n) is 15.2. The Morgan fingerprint density at radius 1 is 0.744 bits per heavy atom. The van der Waals surface area contributed by atoms with Gasteiger partial charge in [-0.2, -0.15) is 0 Å². The molecular weight excluding hydrogens is 1140 g/mol. The third kappa shape index (κ3) is 12.3. The zero-order valence-electron chi connectivity index (χ0n) is 49.8. The number of piperidine rings is 1. The largest absolute Gasteiger partial charge is 0.471 e. The molecule has 3 aromatic carbocycles. The minimum Gasteiger partial charge on any atom is -0.453 e. The molecule has 12 rings (SSSR count). The summed E-state index contributed by atoms with van der Waals surface area (Å²) in [5, 5.41) is 5.57. The lowest BCUT2D eigenvalue weighted by Gasteiger charge is -2.49. The van der Waals surface area contributed by atoms with Crippen LogP contribution in [-0.4, -0.2) is 111 Å². The number of nitrogens with one attached hydrogen (secondary N) is 2. The average molecular weight is 1220 g/mol. The Bertz CT molecular complexity index is 3610. The van der Waals surface area contributed by atoms with Crippen molar-refractivity contribution in [2.24, 2.45) is 35.5 Å². The van der Waals surface area contributed by atoms with Crippen LogP contribution in [0.15, 0.2) is 72.3 Å². The molecule has 2 aromatic heterocycles. The lowest BCUT2D eigenvalue weighted by Crippen LogP contribution is -2.63. The molecule has 3 saturated heterocycles. The first-order valence-corrected chi connectivity index (χ1v) is 33.3. The number of rotatable bonds is 14. The Kier molecular flexibility index (Phi) is 17.7. The molecule has 0 radical (unpaired) electrons. The number of aryl methyl sites for hydroxylation is 2. The van der Waals surface area contributed by atoms with E-state index in [1.165, 1.54) is 14.2 Å². The lowest BCUT2D eigenvalue weighted by molar-refractivity contribution is -0.148. The number of hydrogen-bond donors (Lipinski definition) is 6. The quantitative estimate of drug-likeness (QED) is 0.0564. The van der Waals surface area contributed by atoms with Gasteiger partial charge in [0.1, 0.15) is 37.2 Å². The summed E-state index contributed by atoms with van der Waals surface area (Å²) >= 11 is 0. The molecule has 5 aromatic rings. The van der Waals surface area contributed by atoms with E-state index >= 15 is 0 Å². The highest BCUT2D eigenvalue weighted by atomic mass is 31.2. The molecule has 24 heteroatoms. The molecule has 86 heavy (non-hydrogen) atoms. The minimum absolute atomic E-state index is 0.0831. The van der Waals surface area contributed by atoms with Gasteiger partial charge in [0.15, 0.2) is 0 Å². The van der Waals surface area contributed by atoms with Gasteiger partial charge in [-0.1, -0.05) is 89.4 Å². The van der Waals surface area contributed by atoms with Gasteiger partial charge in [-0.15, -0.1) is 0 Å². The predicted octanol–water partition coefficient (Wildman–Crippen LogP) is 10.4. The van der Waals surface area contributed by atoms with Gasteiger partial charge in [0.2, 0.25) is 11.8 Å². The molecule has 4 aliphatic carbocycles. The number of allylic oxidation sites excluding steroid dienone is 4. The number of hydrogen-bond acceptors (Lipinski definition) is 12. The van der Waals surface area contributed by atoms with Gasteiger partial charge < -0.3 is 58.6 Å². The highest BCUT2D eigenvalue weighted by Gasteiger charge is 2.58. The third-order valence-electron chi connectivity index (χ3n) is 19.6. The maximum absolute atomic E-state index is 14.8. The Balaban J connectivity index is 0.921. The molecule has 7 aliphatic rings. The molecule has 0 spiro atoms. The van der Waals surface area contributed by atoms with Gasteiger partial charge in [-0.05, 0) is 170 Å². The number of imidazole rings is 2. The Labute approximate surface area is 500 Å². The molecule has 5 fully saturated rings. The fourth-order valence-corrected chi connectivity index (χ4v) is 15.8. The number of phosphoric acid groups is 2. The summed E-state index contributed by atoms with van der Waals surface area (Å²) in [5.41, 5.74) is 9.60. The summed E-state index contributed by atoms with van der Waals surface area (Å²) in [6.07, 6.45) is 13.7. The average Bonchev–Trinajstić information content (AvgIpc) is 1.59. The first-order chi connectivity index (χ1) is 41.0. The van der Waals surface area contributed by atoms with E-state index in [-0.39, 0.29) is 59.4 Å². The molecule has 2 unspecified atom stereocenters. The van der Waals surface area contributed by atoms with Crippen molar-refractivity contribution in [1.82, 2.24) is 39.5 Å². The maximum Gasteiger partial charge on any atom is 0.471 e. The van der Waals surface area contributed by atoms with Crippen LogP contribution in [0, 0.1) is 35.5 Å². The number of benzene rings is 3. The second-order valence-corrected chi connectivity index (χ2v) is 27.5. The van der Waals surface area contributed by atoms with Gasteiger partial charge in [-0.3, -0.25) is 18.6 Å². The SMILES string of the molecule is COC(=O)N[C@H](C(=O)N1[C@H](c2nc3cc(/C(C)=C4/C=C\[C@H](C)CCc5ccc(cc5-c5ccc6c(c5)nc([C@@H]5C[C@@H]7CCCC8C(C)[C@H](NC(=O)OC)C(=O)N5[C@@H]87)n6COP(=O)(O)O)CC4)ccc3n2COP(=O)(O)O)C[C@@H]2CCCC[C@@H]21)C(C)C. The summed E-state index contributed by atoms with van der Waals surface area (Å²) in [5.74, 6) is 0.656. The van der Waals surface area contributed by atoms with Crippen molar-refractivity contribution in [2.45, 2.75) is 168 Å². The van der Waals surface area contributed by atoms with Crippen molar-refractivity contribution < 1.29 is 66.4 Å². The van der Waals surface area contributed by atoms with Crippen molar-refractivity contribution in [3.8, 4) is 11.1 Å². The highest BCUT2D eigenvalue weighted by molar-refractivity contribution is 7.46. The number of likely N-dealkylation sites (tertiary alicyclic amines) is 1. The van der Waals surface area contributed by atoms with Crippen LogP contribution in [0.25, 0.3) is 38.8 Å². The molecular formula is C62H80N8O14P2. The van der Waals surface area contributed by atoms with Crippen LogP contribution in [0.3, 0.4) is 0 Å². The minimum atomic E-state index is -4.95. The van der Waals surface area contributed by atoms with Crippen LogP contribution < -0.4 is 10.6 Å². The van der Waals surface area contributed by atoms with Crippen LogP contribution in [-0.2, 0) is 63.5 Å². The molecule has 4 amide bonds. The van der Waals surface area contributed by atoms with Crippen molar-refractivity contribution in [2.75, 3.05) is 14.2 Å². The number of ether oxygens (including phenoxy) is 2. The van der Waals surface area contributed by atoms with Gasteiger partial charge in [0, 0.05) is 12.1 Å². The first-order valence-electron chi connectivity index (χ1n) is 30.2. The molecule has 6 N–H and O–H groups in total. The summed E-state index contributed by atoms with van der Waals surface area (Å²) in [6.45, 7) is 9.03. The van der Waals surface area contributed by atoms with E-state index in [0.717, 1.165) is 96.8 Å². The molecule has 5 heterocycles. The topological polar surface area (TPSA) is 286 Å². The Morgan fingerprint density at radius 2 is 1.40 bits per heavy atom. The van der Waals surface area contributed by atoms with Crippen LogP contribution >= 0.6 is 15.6 Å². The van der Waals surface area contributed by atoms with E-state index in [1.807, 2.05) is 67.0 Å². The smallest absolute Gasteiger partial charge is 0.453 e. The number of carbonyl (C=O) groups is 4. The first kappa shape index (κ1) is 61.4. The van der Waals surface area contributed by atoms with E-state index in [1.54, 1.807) is 9.13 Å². The molecule has 2 saturated carbocycles. The molecule has 462 valence electrons.